The third-order valence-electron chi connectivity index (χ3n) is 6.26. The van der Waals surface area contributed by atoms with Crippen LogP contribution in [0.15, 0.2) is 47.1 Å². The van der Waals surface area contributed by atoms with Crippen molar-refractivity contribution in [3.8, 4) is 11.6 Å². The number of aromatic nitrogens is 1. The van der Waals surface area contributed by atoms with E-state index in [-0.39, 0.29) is 17.7 Å². The maximum Gasteiger partial charge on any atom is 0.259 e. The molecule has 6 nitrogen and oxygen atoms in total. The second kappa shape index (κ2) is 9.81. The summed E-state index contributed by atoms with van der Waals surface area (Å²) in [5.74, 6) is 1.81. The van der Waals surface area contributed by atoms with Gasteiger partial charge >= 0.3 is 0 Å². The lowest BCUT2D eigenvalue weighted by Crippen LogP contribution is -2.46. The Morgan fingerprint density at radius 1 is 0.968 bits per heavy atom. The Balaban J connectivity index is 1.38. The van der Waals surface area contributed by atoms with Crippen LogP contribution in [-0.4, -0.2) is 52.8 Å². The van der Waals surface area contributed by atoms with E-state index in [1.165, 1.54) is 0 Å². The number of rotatable bonds is 4. The molecule has 2 amide bonds. The van der Waals surface area contributed by atoms with Gasteiger partial charge in [0.15, 0.2) is 0 Å². The van der Waals surface area contributed by atoms with Crippen molar-refractivity contribution in [3.05, 3.63) is 52.6 Å². The molecule has 0 radical (unpaired) electrons. The summed E-state index contributed by atoms with van der Waals surface area (Å²) in [7, 11) is 0. The lowest BCUT2D eigenvalue weighted by molar-refractivity contribution is -0.138. The monoisotopic (exact) mass is 485 g/mol. The fourth-order valence-corrected chi connectivity index (χ4v) is 4.50. The topological polar surface area (TPSA) is 62.7 Å². The van der Waals surface area contributed by atoms with Crippen molar-refractivity contribution in [2.45, 2.75) is 32.6 Å². The maximum atomic E-state index is 13.2. The van der Waals surface area contributed by atoms with Crippen molar-refractivity contribution in [2.24, 2.45) is 11.8 Å². The Labute approximate surface area is 191 Å². The first-order chi connectivity index (χ1) is 15.0. The van der Waals surface area contributed by atoms with E-state index in [1.807, 2.05) is 34.1 Å². The number of piperidine rings is 2. The molecule has 2 saturated heterocycles. The quantitative estimate of drug-likeness (QED) is 0.626. The summed E-state index contributed by atoms with van der Waals surface area (Å²) in [6.45, 7) is 5.13. The van der Waals surface area contributed by atoms with Crippen molar-refractivity contribution in [1.82, 2.24) is 14.8 Å². The van der Waals surface area contributed by atoms with Gasteiger partial charge in [0.1, 0.15) is 11.3 Å². The number of amides is 2. The first kappa shape index (κ1) is 21.8. The third kappa shape index (κ3) is 5.26. The van der Waals surface area contributed by atoms with Gasteiger partial charge in [-0.2, -0.15) is 0 Å². The van der Waals surface area contributed by atoms with Gasteiger partial charge in [-0.05, 0) is 68.0 Å². The predicted molar refractivity (Wildman–Crippen MR) is 122 cm³/mol. The van der Waals surface area contributed by atoms with E-state index in [1.54, 1.807) is 18.3 Å². The summed E-state index contributed by atoms with van der Waals surface area (Å²) in [4.78, 5) is 34.2. The standard InChI is InChI=1S/C24H28BrN3O3/c1-17-8-13-27(14-9-17)23(29)18-10-15-28(16-11-18)24(30)21-3-2-12-26-22(21)31-20-6-4-19(25)5-7-20/h2-7,12,17-18H,8-11,13-16H2,1H3. The van der Waals surface area contributed by atoms with Gasteiger partial charge < -0.3 is 14.5 Å². The van der Waals surface area contributed by atoms with Gasteiger partial charge in [0, 0.05) is 42.8 Å². The minimum absolute atomic E-state index is 0.0184. The highest BCUT2D eigenvalue weighted by Gasteiger charge is 2.32. The molecule has 0 unspecified atom stereocenters. The van der Waals surface area contributed by atoms with Crippen LogP contribution in [0, 0.1) is 11.8 Å². The van der Waals surface area contributed by atoms with E-state index < -0.39 is 0 Å². The number of likely N-dealkylation sites (tertiary alicyclic amines) is 2. The van der Waals surface area contributed by atoms with Gasteiger partial charge in [0.05, 0.1) is 0 Å². The summed E-state index contributed by atoms with van der Waals surface area (Å²) < 4.78 is 6.84. The highest BCUT2D eigenvalue weighted by Crippen LogP contribution is 2.28. The molecule has 7 heteroatoms. The maximum absolute atomic E-state index is 13.2. The molecule has 0 aliphatic carbocycles. The van der Waals surface area contributed by atoms with E-state index >= 15 is 0 Å². The van der Waals surface area contributed by atoms with E-state index in [9.17, 15) is 9.59 Å². The molecule has 0 N–H and O–H groups in total. The third-order valence-corrected chi connectivity index (χ3v) is 6.79. The first-order valence-electron chi connectivity index (χ1n) is 11.0. The van der Waals surface area contributed by atoms with Crippen molar-refractivity contribution in [2.75, 3.05) is 26.2 Å². The highest BCUT2D eigenvalue weighted by atomic mass is 79.9. The summed E-state index contributed by atoms with van der Waals surface area (Å²) in [5.41, 5.74) is 0.445. The molecule has 2 aromatic rings. The van der Waals surface area contributed by atoms with Gasteiger partial charge in [0.2, 0.25) is 11.8 Å². The molecule has 0 spiro atoms. The van der Waals surface area contributed by atoms with Crippen LogP contribution in [0.25, 0.3) is 0 Å². The zero-order valence-corrected chi connectivity index (χ0v) is 19.4. The van der Waals surface area contributed by atoms with Crippen molar-refractivity contribution in [1.29, 1.82) is 0 Å². The van der Waals surface area contributed by atoms with Crippen LogP contribution >= 0.6 is 15.9 Å². The van der Waals surface area contributed by atoms with Crippen molar-refractivity contribution >= 4 is 27.7 Å². The summed E-state index contributed by atoms with van der Waals surface area (Å²) in [5, 5.41) is 0. The van der Waals surface area contributed by atoms with Crippen LogP contribution in [0.5, 0.6) is 11.6 Å². The number of benzene rings is 1. The minimum atomic E-state index is -0.0992. The van der Waals surface area contributed by atoms with E-state index in [0.29, 0.717) is 49.0 Å². The molecule has 31 heavy (non-hydrogen) atoms. The second-order valence-electron chi connectivity index (χ2n) is 8.49. The molecule has 0 saturated carbocycles. The van der Waals surface area contributed by atoms with Gasteiger partial charge in [-0.3, -0.25) is 9.59 Å². The molecular weight excluding hydrogens is 458 g/mol. The molecule has 164 valence electrons. The second-order valence-corrected chi connectivity index (χ2v) is 9.40. The van der Waals surface area contributed by atoms with Crippen LogP contribution in [0.4, 0.5) is 0 Å². The van der Waals surface area contributed by atoms with E-state index in [0.717, 1.165) is 30.4 Å². The molecule has 2 aliphatic rings. The SMILES string of the molecule is CC1CCN(C(=O)C2CCN(C(=O)c3cccnc3Oc3ccc(Br)cc3)CC2)CC1. The zero-order valence-electron chi connectivity index (χ0n) is 17.8. The Kier molecular flexibility index (Phi) is 6.90. The molecular formula is C24H28BrN3O3. The fraction of sp³-hybridized carbons (Fsp3) is 0.458. The Hall–Kier alpha value is -2.41. The smallest absolute Gasteiger partial charge is 0.259 e. The fourth-order valence-electron chi connectivity index (χ4n) is 4.24. The number of halogens is 1. The number of nitrogens with zero attached hydrogens (tertiary/aromatic N) is 3. The van der Waals surface area contributed by atoms with Gasteiger partial charge in [-0.1, -0.05) is 22.9 Å². The molecule has 1 aromatic heterocycles. The molecule has 2 aliphatic heterocycles. The van der Waals surface area contributed by atoms with Crippen LogP contribution < -0.4 is 4.74 Å². The van der Waals surface area contributed by atoms with Crippen LogP contribution in [-0.2, 0) is 4.79 Å². The summed E-state index contributed by atoms with van der Waals surface area (Å²) in [6.07, 6.45) is 5.21. The average molecular weight is 486 g/mol. The first-order valence-corrected chi connectivity index (χ1v) is 11.8. The minimum Gasteiger partial charge on any atom is -0.438 e. The predicted octanol–water partition coefficient (Wildman–Crippen LogP) is 4.75. The number of pyridine rings is 1. The molecule has 4 rings (SSSR count). The van der Waals surface area contributed by atoms with Gasteiger partial charge in [-0.25, -0.2) is 4.98 Å². The van der Waals surface area contributed by atoms with Crippen molar-refractivity contribution in [3.63, 3.8) is 0 Å². The lowest BCUT2D eigenvalue weighted by atomic mass is 9.92. The van der Waals surface area contributed by atoms with Gasteiger partial charge in [-0.15, -0.1) is 0 Å². The average Bonchev–Trinajstić information content (AvgIpc) is 2.81. The summed E-state index contributed by atoms with van der Waals surface area (Å²) in [6, 6.07) is 10.9. The van der Waals surface area contributed by atoms with Crippen LogP contribution in [0.2, 0.25) is 0 Å². The highest BCUT2D eigenvalue weighted by molar-refractivity contribution is 9.10. The normalized spacial score (nSPS) is 18.1. The largest absolute Gasteiger partial charge is 0.438 e. The zero-order chi connectivity index (χ0) is 21.8. The molecule has 0 bridgehead atoms. The molecule has 1 aromatic carbocycles. The Morgan fingerprint density at radius 3 is 2.29 bits per heavy atom. The van der Waals surface area contributed by atoms with E-state index in [4.69, 9.17) is 4.74 Å². The van der Waals surface area contributed by atoms with Gasteiger partial charge in [0.25, 0.3) is 5.91 Å². The summed E-state index contributed by atoms with van der Waals surface area (Å²) >= 11 is 3.40. The Morgan fingerprint density at radius 2 is 1.61 bits per heavy atom. The lowest BCUT2D eigenvalue weighted by Gasteiger charge is -2.36. The number of ether oxygens (including phenoxy) is 1. The van der Waals surface area contributed by atoms with Crippen LogP contribution in [0.3, 0.4) is 0 Å². The number of hydrogen-bond donors (Lipinski definition) is 0. The van der Waals surface area contributed by atoms with E-state index in [2.05, 4.69) is 27.8 Å². The number of carbonyl (C=O) groups is 2. The molecule has 2 fully saturated rings. The molecule has 3 heterocycles. The number of hydrogen-bond acceptors (Lipinski definition) is 4. The number of carbonyl (C=O) groups excluding carboxylic acids is 2. The Bertz CT molecular complexity index is 918. The van der Waals surface area contributed by atoms with Crippen molar-refractivity contribution < 1.29 is 14.3 Å². The molecule has 0 atom stereocenters. The van der Waals surface area contributed by atoms with Crippen LogP contribution in [0.1, 0.15) is 43.0 Å².